The van der Waals surface area contributed by atoms with E-state index in [1.165, 1.54) is 11.3 Å². The molecule has 0 amide bonds. The molecule has 4 heterocycles. The second-order valence-electron chi connectivity index (χ2n) is 7.23. The number of ketones is 1. The predicted octanol–water partition coefficient (Wildman–Crippen LogP) is 4.33. The molecule has 1 fully saturated rings. The molecule has 3 aromatic heterocycles. The molecule has 0 saturated carbocycles. The smallest absolute Gasteiger partial charge is 0.340 e. The topological polar surface area (TPSA) is 71.9 Å². The van der Waals surface area contributed by atoms with E-state index in [-0.39, 0.29) is 24.1 Å². The lowest BCUT2D eigenvalue weighted by Gasteiger charge is -2.39. The maximum absolute atomic E-state index is 12.6. The third-order valence-corrected chi connectivity index (χ3v) is 6.70. The maximum Gasteiger partial charge on any atom is 0.419 e. The summed E-state index contributed by atoms with van der Waals surface area (Å²) in [6.07, 6.45) is -2.18. The fraction of sp³-hybridized carbons (Fsp3) is 0.421. The molecule has 1 aliphatic heterocycles. The number of nitrogens with zero attached hydrogens (tertiary/aromatic N) is 5. The van der Waals surface area contributed by atoms with Crippen molar-refractivity contribution in [2.45, 2.75) is 32.9 Å². The molecule has 0 aliphatic carbocycles. The van der Waals surface area contributed by atoms with E-state index in [0.29, 0.717) is 19.5 Å². The number of Topliss-reactive ketones (excluding diaryl/α,β-unsaturated/α-hetero) is 1. The molecule has 0 radical (unpaired) electrons. The molecule has 4 rings (SSSR count). The fourth-order valence-electron chi connectivity index (χ4n) is 3.32. The first-order valence-corrected chi connectivity index (χ1v) is 10.9. The van der Waals surface area contributed by atoms with Crippen molar-refractivity contribution in [2.75, 3.05) is 18.0 Å². The molecule has 3 aromatic rings. The van der Waals surface area contributed by atoms with Crippen LogP contribution in [0.2, 0.25) is 0 Å². The van der Waals surface area contributed by atoms with Gasteiger partial charge in [0, 0.05) is 43.2 Å². The van der Waals surface area contributed by atoms with Gasteiger partial charge in [0.2, 0.25) is 5.95 Å². The Morgan fingerprint density at radius 2 is 1.90 bits per heavy atom. The number of rotatable bonds is 6. The third kappa shape index (κ3) is 4.51. The summed E-state index contributed by atoms with van der Waals surface area (Å²) in [4.78, 5) is 31.8. The van der Waals surface area contributed by atoms with E-state index in [2.05, 4.69) is 19.9 Å². The number of aryl methyl sites for hydroxylation is 2. The van der Waals surface area contributed by atoms with Crippen LogP contribution < -0.4 is 4.90 Å². The number of hydrogen-bond donors (Lipinski definition) is 0. The SMILES string of the molecule is Cc1nc(C)c(-c2csc(CC(=O)CC3CN(c4ncc(C(F)(F)F)cn4)C3)n2)s1. The average Bonchev–Trinajstić information content (AvgIpc) is 3.22. The Bertz CT molecular complexity index is 1060. The molecule has 0 N–H and O–H groups in total. The third-order valence-electron chi connectivity index (χ3n) is 4.76. The second kappa shape index (κ2) is 8.03. The van der Waals surface area contributed by atoms with Gasteiger partial charge in [0.25, 0.3) is 0 Å². The Morgan fingerprint density at radius 3 is 2.50 bits per heavy atom. The normalized spacial score (nSPS) is 14.8. The Kier molecular flexibility index (Phi) is 5.58. The summed E-state index contributed by atoms with van der Waals surface area (Å²) in [5, 5.41) is 3.72. The quantitative estimate of drug-likeness (QED) is 0.553. The van der Waals surface area contributed by atoms with Gasteiger partial charge in [0.05, 0.1) is 33.3 Å². The zero-order valence-corrected chi connectivity index (χ0v) is 17.9. The van der Waals surface area contributed by atoms with Crippen molar-refractivity contribution in [3.63, 3.8) is 0 Å². The number of alkyl halides is 3. The van der Waals surface area contributed by atoms with Crippen LogP contribution in [-0.4, -0.2) is 38.8 Å². The Hall–Kier alpha value is -2.40. The molecule has 0 unspecified atom stereocenters. The van der Waals surface area contributed by atoms with E-state index in [9.17, 15) is 18.0 Å². The van der Waals surface area contributed by atoms with Crippen molar-refractivity contribution in [1.82, 2.24) is 19.9 Å². The van der Waals surface area contributed by atoms with Crippen LogP contribution in [-0.2, 0) is 17.4 Å². The Morgan fingerprint density at radius 1 is 1.20 bits per heavy atom. The summed E-state index contributed by atoms with van der Waals surface area (Å²) < 4.78 is 37.7. The lowest BCUT2D eigenvalue weighted by atomic mass is 9.93. The highest BCUT2D eigenvalue weighted by molar-refractivity contribution is 7.16. The predicted molar refractivity (Wildman–Crippen MR) is 109 cm³/mol. The Balaban J connectivity index is 1.28. The number of anilines is 1. The van der Waals surface area contributed by atoms with Crippen molar-refractivity contribution in [2.24, 2.45) is 5.92 Å². The number of carbonyl (C=O) groups excluding carboxylic acids is 1. The van der Waals surface area contributed by atoms with Crippen molar-refractivity contribution >= 4 is 34.4 Å². The number of halogens is 3. The van der Waals surface area contributed by atoms with Gasteiger partial charge in [-0.25, -0.2) is 19.9 Å². The van der Waals surface area contributed by atoms with Gasteiger partial charge in [0.15, 0.2) is 0 Å². The number of hydrogen-bond acceptors (Lipinski definition) is 8. The molecule has 30 heavy (non-hydrogen) atoms. The molecule has 158 valence electrons. The van der Waals surface area contributed by atoms with Gasteiger partial charge in [-0.1, -0.05) is 0 Å². The van der Waals surface area contributed by atoms with Gasteiger partial charge in [-0.15, -0.1) is 22.7 Å². The van der Waals surface area contributed by atoms with Crippen LogP contribution in [0.4, 0.5) is 19.1 Å². The van der Waals surface area contributed by atoms with Crippen LogP contribution in [0, 0.1) is 19.8 Å². The molecule has 0 atom stereocenters. The maximum atomic E-state index is 12.6. The minimum atomic E-state index is -4.45. The second-order valence-corrected chi connectivity index (χ2v) is 9.38. The van der Waals surface area contributed by atoms with E-state index in [1.807, 2.05) is 19.2 Å². The molecular formula is C19H18F3N5OS2. The van der Waals surface area contributed by atoms with Crippen molar-refractivity contribution in [3.05, 3.63) is 39.0 Å². The average molecular weight is 454 g/mol. The van der Waals surface area contributed by atoms with Gasteiger partial charge < -0.3 is 4.90 Å². The monoisotopic (exact) mass is 453 g/mol. The zero-order chi connectivity index (χ0) is 21.5. The molecule has 11 heteroatoms. The highest BCUT2D eigenvalue weighted by atomic mass is 32.1. The van der Waals surface area contributed by atoms with Crippen molar-refractivity contribution in [3.8, 4) is 10.6 Å². The molecule has 1 saturated heterocycles. The molecule has 0 bridgehead atoms. The van der Waals surface area contributed by atoms with Gasteiger partial charge in [-0.05, 0) is 13.8 Å². The minimum Gasteiger partial charge on any atom is -0.340 e. The summed E-state index contributed by atoms with van der Waals surface area (Å²) in [6.45, 7) is 5.01. The summed E-state index contributed by atoms with van der Waals surface area (Å²) in [5.74, 6) is 0.506. The summed E-state index contributed by atoms with van der Waals surface area (Å²) >= 11 is 3.06. The first-order valence-electron chi connectivity index (χ1n) is 9.23. The van der Waals surface area contributed by atoms with Crippen molar-refractivity contribution in [1.29, 1.82) is 0 Å². The van der Waals surface area contributed by atoms with E-state index in [0.717, 1.165) is 38.7 Å². The molecule has 0 aromatic carbocycles. The molecule has 0 spiro atoms. The van der Waals surface area contributed by atoms with Crippen LogP contribution >= 0.6 is 22.7 Å². The number of thiazole rings is 2. The first-order chi connectivity index (χ1) is 14.2. The largest absolute Gasteiger partial charge is 0.419 e. The minimum absolute atomic E-state index is 0.103. The lowest BCUT2D eigenvalue weighted by Crippen LogP contribution is -2.48. The van der Waals surface area contributed by atoms with Gasteiger partial charge in [-0.3, -0.25) is 4.79 Å². The number of aromatic nitrogens is 4. The van der Waals surface area contributed by atoms with E-state index in [1.54, 1.807) is 16.2 Å². The molecule has 1 aliphatic rings. The van der Waals surface area contributed by atoms with E-state index in [4.69, 9.17) is 0 Å². The zero-order valence-electron chi connectivity index (χ0n) is 16.2. The van der Waals surface area contributed by atoms with Crippen LogP contribution in [0.25, 0.3) is 10.6 Å². The Labute approximate surface area is 178 Å². The van der Waals surface area contributed by atoms with Crippen LogP contribution in [0.1, 0.15) is 27.7 Å². The number of carbonyl (C=O) groups is 1. The fourth-order valence-corrected chi connectivity index (χ4v) is 5.09. The highest BCUT2D eigenvalue weighted by Crippen LogP contribution is 2.32. The van der Waals surface area contributed by atoms with E-state index >= 15 is 0 Å². The van der Waals surface area contributed by atoms with Crippen LogP contribution in [0.5, 0.6) is 0 Å². The van der Waals surface area contributed by atoms with E-state index < -0.39 is 11.7 Å². The first kappa shape index (κ1) is 20.9. The van der Waals surface area contributed by atoms with Gasteiger partial charge in [-0.2, -0.15) is 13.2 Å². The summed E-state index contributed by atoms with van der Waals surface area (Å²) in [7, 11) is 0. The molecule has 6 nitrogen and oxygen atoms in total. The standard InChI is InChI=1S/C19H18F3N5OS2/c1-10-17(30-11(2)25-10)15-9-29-16(26-15)4-14(28)3-12-7-27(8-12)18-23-5-13(6-24-18)19(20,21)22/h5-6,9,12H,3-4,7-8H2,1-2H3. The van der Waals surface area contributed by atoms with Gasteiger partial charge >= 0.3 is 6.18 Å². The van der Waals surface area contributed by atoms with Crippen molar-refractivity contribution < 1.29 is 18.0 Å². The van der Waals surface area contributed by atoms with Crippen LogP contribution in [0.3, 0.4) is 0 Å². The summed E-state index contributed by atoms with van der Waals surface area (Å²) in [5.41, 5.74) is 0.936. The van der Waals surface area contributed by atoms with Crippen LogP contribution in [0.15, 0.2) is 17.8 Å². The molecular weight excluding hydrogens is 435 g/mol. The highest BCUT2D eigenvalue weighted by Gasteiger charge is 2.34. The summed E-state index contributed by atoms with van der Waals surface area (Å²) in [6, 6.07) is 0. The lowest BCUT2D eigenvalue weighted by molar-refractivity contribution is -0.138. The van der Waals surface area contributed by atoms with Gasteiger partial charge in [0.1, 0.15) is 10.8 Å².